The summed E-state index contributed by atoms with van der Waals surface area (Å²) >= 11 is 0. The van der Waals surface area contributed by atoms with Gasteiger partial charge in [0.25, 0.3) is 5.56 Å². The maximum atomic E-state index is 11.1. The molecule has 0 unspecified atom stereocenters. The van der Waals surface area contributed by atoms with Gasteiger partial charge in [0.05, 0.1) is 5.52 Å². The highest BCUT2D eigenvalue weighted by atomic mass is 16.1. The molecule has 0 amide bonds. The van der Waals surface area contributed by atoms with Crippen LogP contribution in [0.4, 0.5) is 0 Å². The van der Waals surface area contributed by atoms with Crippen LogP contribution in [0.5, 0.6) is 0 Å². The minimum atomic E-state index is -0.192. The number of fused-ring (bicyclic) bond motifs is 1. The smallest absolute Gasteiger partial charge is 0.267 e. The summed E-state index contributed by atoms with van der Waals surface area (Å²) in [6.45, 7) is 1.74. The van der Waals surface area contributed by atoms with Crippen molar-refractivity contribution in [3.05, 3.63) is 40.6 Å². The van der Waals surface area contributed by atoms with Crippen LogP contribution in [-0.2, 0) is 0 Å². The second-order valence-corrected chi connectivity index (χ2v) is 2.53. The summed E-state index contributed by atoms with van der Waals surface area (Å²) in [4.78, 5) is 14.7. The lowest BCUT2D eigenvalue weighted by atomic mass is 10.3. The molecule has 60 valence electrons. The standard InChI is InChI=1S/C8H7N3O/c1-6-7-3-2-4-10-11(7)5-9-8(6)12/h2-5H,1H3. The lowest BCUT2D eigenvalue weighted by molar-refractivity contribution is 0.873. The average Bonchev–Trinajstić information content (AvgIpc) is 2.12. The topological polar surface area (TPSA) is 47.3 Å². The van der Waals surface area contributed by atoms with Gasteiger partial charge in [-0.3, -0.25) is 4.79 Å². The Hall–Kier alpha value is -1.71. The second kappa shape index (κ2) is 2.41. The molecule has 4 nitrogen and oxygen atoms in total. The van der Waals surface area contributed by atoms with Crippen molar-refractivity contribution in [2.24, 2.45) is 0 Å². The van der Waals surface area contributed by atoms with Crippen LogP contribution < -0.4 is 5.56 Å². The molecule has 2 aromatic heterocycles. The Morgan fingerprint density at radius 1 is 1.50 bits per heavy atom. The Morgan fingerprint density at radius 3 is 3.17 bits per heavy atom. The van der Waals surface area contributed by atoms with Crippen molar-refractivity contribution < 1.29 is 0 Å². The summed E-state index contributed by atoms with van der Waals surface area (Å²) in [5.74, 6) is 0. The molecule has 0 N–H and O–H groups in total. The highest BCUT2D eigenvalue weighted by molar-refractivity contribution is 5.50. The van der Waals surface area contributed by atoms with Crippen molar-refractivity contribution in [2.75, 3.05) is 0 Å². The molecule has 0 bridgehead atoms. The van der Waals surface area contributed by atoms with Gasteiger partial charge in [-0.1, -0.05) is 0 Å². The molecular weight excluding hydrogens is 154 g/mol. The fraction of sp³-hybridized carbons (Fsp3) is 0.125. The molecule has 0 aliphatic carbocycles. The van der Waals surface area contributed by atoms with E-state index in [2.05, 4.69) is 10.1 Å². The number of aromatic nitrogens is 3. The van der Waals surface area contributed by atoms with Crippen molar-refractivity contribution in [1.82, 2.24) is 14.6 Å². The highest BCUT2D eigenvalue weighted by Crippen LogP contribution is 2.00. The predicted molar refractivity (Wildman–Crippen MR) is 44.0 cm³/mol. The molecule has 2 heterocycles. The van der Waals surface area contributed by atoms with E-state index in [4.69, 9.17) is 0 Å². The van der Waals surface area contributed by atoms with Crippen molar-refractivity contribution in [2.45, 2.75) is 6.92 Å². The van der Waals surface area contributed by atoms with Crippen LogP contribution in [-0.4, -0.2) is 14.6 Å². The number of rotatable bonds is 0. The van der Waals surface area contributed by atoms with Crippen LogP contribution in [0.25, 0.3) is 5.52 Å². The quantitative estimate of drug-likeness (QED) is 0.561. The van der Waals surface area contributed by atoms with E-state index in [1.807, 2.05) is 6.07 Å². The van der Waals surface area contributed by atoms with E-state index in [1.54, 1.807) is 23.7 Å². The lowest BCUT2D eigenvalue weighted by Gasteiger charge is -1.99. The van der Waals surface area contributed by atoms with Crippen molar-refractivity contribution in [3.63, 3.8) is 0 Å². The van der Waals surface area contributed by atoms with Crippen LogP contribution in [0.2, 0.25) is 0 Å². The van der Waals surface area contributed by atoms with Gasteiger partial charge in [0.1, 0.15) is 6.33 Å². The first-order valence-corrected chi connectivity index (χ1v) is 3.58. The van der Waals surface area contributed by atoms with E-state index in [0.717, 1.165) is 5.52 Å². The molecule has 2 aromatic rings. The molecule has 4 heteroatoms. The summed E-state index contributed by atoms with van der Waals surface area (Å²) < 4.78 is 1.58. The van der Waals surface area contributed by atoms with Gasteiger partial charge in [0.15, 0.2) is 0 Å². The lowest BCUT2D eigenvalue weighted by Crippen LogP contribution is -2.12. The van der Waals surface area contributed by atoms with Gasteiger partial charge in [-0.05, 0) is 19.1 Å². The monoisotopic (exact) mass is 161 g/mol. The van der Waals surface area contributed by atoms with E-state index in [0.29, 0.717) is 5.56 Å². The molecule has 0 aliphatic heterocycles. The molecule has 0 saturated carbocycles. The molecule has 2 rings (SSSR count). The van der Waals surface area contributed by atoms with Crippen molar-refractivity contribution in [1.29, 1.82) is 0 Å². The third-order valence-corrected chi connectivity index (χ3v) is 1.77. The second-order valence-electron chi connectivity index (χ2n) is 2.53. The first-order valence-electron chi connectivity index (χ1n) is 3.58. The van der Waals surface area contributed by atoms with E-state index in [1.165, 1.54) is 6.33 Å². The molecule has 0 radical (unpaired) electrons. The molecule has 0 saturated heterocycles. The number of aryl methyl sites for hydroxylation is 1. The summed E-state index contributed by atoms with van der Waals surface area (Å²) in [5, 5.41) is 4.00. The Labute approximate surface area is 68.5 Å². The largest absolute Gasteiger partial charge is 0.276 e. The maximum absolute atomic E-state index is 11.1. The molecule has 0 aromatic carbocycles. The minimum Gasteiger partial charge on any atom is -0.267 e. The Balaban J connectivity index is 3.01. The number of hydrogen-bond acceptors (Lipinski definition) is 3. The molecular formula is C8H7N3O. The third kappa shape index (κ3) is 0.887. The van der Waals surface area contributed by atoms with Crippen LogP contribution in [0.3, 0.4) is 0 Å². The van der Waals surface area contributed by atoms with Gasteiger partial charge in [-0.25, -0.2) is 4.52 Å². The fourth-order valence-corrected chi connectivity index (χ4v) is 1.09. The molecule has 0 spiro atoms. The zero-order valence-corrected chi connectivity index (χ0v) is 6.56. The maximum Gasteiger partial charge on any atom is 0.276 e. The van der Waals surface area contributed by atoms with Gasteiger partial charge in [-0.2, -0.15) is 10.1 Å². The average molecular weight is 161 g/mol. The Morgan fingerprint density at radius 2 is 2.33 bits per heavy atom. The molecule has 12 heavy (non-hydrogen) atoms. The normalized spacial score (nSPS) is 10.4. The third-order valence-electron chi connectivity index (χ3n) is 1.77. The molecule has 0 fully saturated rings. The van der Waals surface area contributed by atoms with E-state index in [9.17, 15) is 4.79 Å². The van der Waals surface area contributed by atoms with Gasteiger partial charge < -0.3 is 0 Å². The summed E-state index contributed by atoms with van der Waals surface area (Å²) in [6, 6.07) is 3.63. The first kappa shape index (κ1) is 6.97. The SMILES string of the molecule is Cc1c(=O)ncn2ncccc12. The van der Waals surface area contributed by atoms with Crippen LogP contribution in [0.15, 0.2) is 29.5 Å². The fourth-order valence-electron chi connectivity index (χ4n) is 1.09. The zero-order valence-electron chi connectivity index (χ0n) is 6.56. The van der Waals surface area contributed by atoms with Crippen LogP contribution in [0.1, 0.15) is 5.56 Å². The van der Waals surface area contributed by atoms with E-state index >= 15 is 0 Å². The number of hydrogen-bond donors (Lipinski definition) is 0. The summed E-state index contributed by atoms with van der Waals surface area (Å²) in [6.07, 6.45) is 3.07. The molecule has 0 atom stereocenters. The summed E-state index contributed by atoms with van der Waals surface area (Å²) in [7, 11) is 0. The van der Waals surface area contributed by atoms with Gasteiger partial charge >= 0.3 is 0 Å². The minimum absolute atomic E-state index is 0.192. The number of nitrogens with zero attached hydrogens (tertiary/aromatic N) is 3. The van der Waals surface area contributed by atoms with E-state index < -0.39 is 0 Å². The first-order chi connectivity index (χ1) is 5.79. The van der Waals surface area contributed by atoms with Gasteiger partial charge in [-0.15, -0.1) is 0 Å². The highest BCUT2D eigenvalue weighted by Gasteiger charge is 1.99. The van der Waals surface area contributed by atoms with Crippen molar-refractivity contribution >= 4 is 5.52 Å². The van der Waals surface area contributed by atoms with Crippen molar-refractivity contribution in [3.8, 4) is 0 Å². The van der Waals surface area contributed by atoms with E-state index in [-0.39, 0.29) is 5.56 Å². The molecule has 0 aliphatic rings. The Kier molecular flexibility index (Phi) is 1.40. The Bertz CT molecular complexity index is 475. The zero-order chi connectivity index (χ0) is 8.55. The predicted octanol–water partition coefficient (Wildman–Crippen LogP) is 0.398. The van der Waals surface area contributed by atoms with Gasteiger partial charge in [0, 0.05) is 11.8 Å². The van der Waals surface area contributed by atoms with Gasteiger partial charge in [0.2, 0.25) is 0 Å². The van der Waals surface area contributed by atoms with Crippen LogP contribution in [0, 0.1) is 6.92 Å². The van der Waals surface area contributed by atoms with Crippen LogP contribution >= 0.6 is 0 Å². The summed E-state index contributed by atoms with van der Waals surface area (Å²) in [5.41, 5.74) is 1.24.